The van der Waals surface area contributed by atoms with Crippen LogP contribution in [0.15, 0.2) is 38.5 Å². The summed E-state index contributed by atoms with van der Waals surface area (Å²) in [6.07, 6.45) is 1.27. The van der Waals surface area contributed by atoms with Crippen LogP contribution >= 0.6 is 31.9 Å². The minimum atomic E-state index is -4.24. The van der Waals surface area contributed by atoms with Gasteiger partial charge in [-0.3, -0.25) is 4.72 Å². The van der Waals surface area contributed by atoms with Gasteiger partial charge in [0.1, 0.15) is 21.1 Å². The van der Waals surface area contributed by atoms with E-state index in [1.165, 1.54) is 6.20 Å². The third-order valence-electron chi connectivity index (χ3n) is 2.12. The zero-order valence-corrected chi connectivity index (χ0v) is 13.4. The molecule has 0 unspecified atom stereocenters. The lowest BCUT2D eigenvalue weighted by molar-refractivity contribution is 0.551. The molecule has 0 fully saturated rings. The summed E-state index contributed by atoms with van der Waals surface area (Å²) < 4.78 is 52.8. The van der Waals surface area contributed by atoms with Gasteiger partial charge >= 0.3 is 0 Å². The van der Waals surface area contributed by atoms with Gasteiger partial charge < -0.3 is 0 Å². The minimum absolute atomic E-state index is 0.114. The largest absolute Gasteiger partial charge is 0.266 e. The third-order valence-corrected chi connectivity index (χ3v) is 4.42. The highest BCUT2D eigenvalue weighted by Gasteiger charge is 2.21. The van der Waals surface area contributed by atoms with E-state index in [4.69, 9.17) is 0 Å². The van der Waals surface area contributed by atoms with E-state index in [9.17, 15) is 17.2 Å². The van der Waals surface area contributed by atoms with Crippen molar-refractivity contribution in [1.29, 1.82) is 0 Å². The summed E-state index contributed by atoms with van der Waals surface area (Å²) in [6, 6.07) is 2.16. The highest BCUT2D eigenvalue weighted by atomic mass is 79.9. The molecule has 0 amide bonds. The normalized spacial score (nSPS) is 11.4. The number of nitrogens with zero attached hydrogens (tertiary/aromatic N) is 2. The minimum Gasteiger partial charge on any atom is -0.261 e. The first-order valence-corrected chi connectivity index (χ1v) is 8.02. The molecule has 0 radical (unpaired) electrons. The van der Waals surface area contributed by atoms with Crippen LogP contribution in [0.25, 0.3) is 0 Å². The van der Waals surface area contributed by atoms with Gasteiger partial charge in [0.25, 0.3) is 10.0 Å². The number of aromatic nitrogens is 2. The Morgan fingerprint density at radius 1 is 1.20 bits per heavy atom. The molecule has 0 spiro atoms. The smallest absolute Gasteiger partial charge is 0.261 e. The van der Waals surface area contributed by atoms with Gasteiger partial charge in [-0.2, -0.15) is 0 Å². The molecule has 10 heteroatoms. The van der Waals surface area contributed by atoms with E-state index in [1.54, 1.807) is 0 Å². The second-order valence-corrected chi connectivity index (χ2v) is 6.73. The molecule has 0 atom stereocenters. The molecule has 0 aliphatic rings. The van der Waals surface area contributed by atoms with Crippen LogP contribution in [0, 0.1) is 11.6 Å². The van der Waals surface area contributed by atoms with E-state index in [0.29, 0.717) is 10.7 Å². The Kier molecular flexibility index (Phi) is 4.35. The van der Waals surface area contributed by atoms with E-state index in [-0.39, 0.29) is 10.4 Å². The summed E-state index contributed by atoms with van der Waals surface area (Å²) in [5.41, 5.74) is 0. The van der Waals surface area contributed by atoms with Crippen molar-refractivity contribution in [2.75, 3.05) is 4.72 Å². The summed E-state index contributed by atoms with van der Waals surface area (Å²) in [4.78, 5) is 6.99. The Morgan fingerprint density at radius 3 is 2.50 bits per heavy atom. The van der Waals surface area contributed by atoms with Crippen molar-refractivity contribution in [2.45, 2.75) is 4.90 Å². The van der Waals surface area contributed by atoms with E-state index in [1.807, 2.05) is 0 Å². The number of nitrogens with one attached hydrogen (secondary N) is 1. The standard InChI is InChI=1S/C10H5Br2F2N3O2S/c11-8-4-15-10(9(12)16-8)17-20(18,19)7-2-1-5(13)3-6(7)14/h1-4H,(H,15,17). The second-order valence-electron chi connectivity index (χ2n) is 3.51. The molecule has 1 heterocycles. The van der Waals surface area contributed by atoms with Crippen LogP contribution in [0.2, 0.25) is 0 Å². The molecule has 1 aromatic heterocycles. The first-order valence-electron chi connectivity index (χ1n) is 4.95. The molecule has 0 aliphatic carbocycles. The van der Waals surface area contributed by atoms with Crippen LogP contribution in [0.4, 0.5) is 14.6 Å². The molecule has 1 aromatic carbocycles. The van der Waals surface area contributed by atoms with E-state index in [0.717, 1.165) is 12.1 Å². The number of hydrogen-bond donors (Lipinski definition) is 1. The lowest BCUT2D eigenvalue weighted by Gasteiger charge is -2.09. The predicted octanol–water partition coefficient (Wildman–Crippen LogP) is 3.08. The van der Waals surface area contributed by atoms with E-state index in [2.05, 4.69) is 46.5 Å². The Hall–Kier alpha value is -1.13. The maximum absolute atomic E-state index is 13.5. The molecule has 2 rings (SSSR count). The lowest BCUT2D eigenvalue weighted by atomic mass is 10.3. The summed E-state index contributed by atoms with van der Waals surface area (Å²) in [6.45, 7) is 0. The van der Waals surface area contributed by atoms with Crippen molar-refractivity contribution in [3.63, 3.8) is 0 Å². The van der Waals surface area contributed by atoms with E-state index >= 15 is 0 Å². The van der Waals surface area contributed by atoms with Crippen LogP contribution in [0.3, 0.4) is 0 Å². The topological polar surface area (TPSA) is 72.0 Å². The molecular formula is C10H5Br2F2N3O2S. The Bertz CT molecular complexity index is 771. The quantitative estimate of drug-likeness (QED) is 0.815. The van der Waals surface area contributed by atoms with Gasteiger partial charge in [-0.05, 0) is 44.0 Å². The van der Waals surface area contributed by atoms with Crippen molar-refractivity contribution in [3.8, 4) is 0 Å². The van der Waals surface area contributed by atoms with Crippen LogP contribution in [0.5, 0.6) is 0 Å². The Morgan fingerprint density at radius 2 is 1.90 bits per heavy atom. The molecule has 106 valence electrons. The van der Waals surface area contributed by atoms with Gasteiger partial charge in [0.05, 0.1) is 6.20 Å². The van der Waals surface area contributed by atoms with Crippen LogP contribution in [0.1, 0.15) is 0 Å². The molecule has 0 saturated carbocycles. The SMILES string of the molecule is O=S(=O)(Nc1ncc(Br)nc1Br)c1ccc(F)cc1F. The molecule has 1 N–H and O–H groups in total. The molecule has 0 saturated heterocycles. The molecule has 20 heavy (non-hydrogen) atoms. The first kappa shape index (κ1) is 15.3. The van der Waals surface area contributed by atoms with Crippen molar-refractivity contribution in [1.82, 2.24) is 9.97 Å². The van der Waals surface area contributed by atoms with Gasteiger partial charge in [0.15, 0.2) is 10.4 Å². The van der Waals surface area contributed by atoms with Crippen molar-refractivity contribution >= 4 is 47.7 Å². The Balaban J connectivity index is 2.41. The van der Waals surface area contributed by atoms with Gasteiger partial charge in [0.2, 0.25) is 0 Å². The molecule has 0 aliphatic heterocycles. The van der Waals surface area contributed by atoms with Crippen molar-refractivity contribution in [2.24, 2.45) is 0 Å². The summed E-state index contributed by atoms with van der Waals surface area (Å²) in [5.74, 6) is -2.18. The van der Waals surface area contributed by atoms with Gasteiger partial charge in [-0.15, -0.1) is 0 Å². The maximum atomic E-state index is 13.5. The van der Waals surface area contributed by atoms with Gasteiger partial charge in [-0.25, -0.2) is 27.2 Å². The number of sulfonamides is 1. The Labute approximate surface area is 129 Å². The van der Waals surface area contributed by atoms with Crippen molar-refractivity contribution in [3.05, 3.63) is 45.2 Å². The monoisotopic (exact) mass is 427 g/mol. The van der Waals surface area contributed by atoms with E-state index < -0.39 is 26.6 Å². The second kappa shape index (κ2) is 5.70. The van der Waals surface area contributed by atoms with Crippen molar-refractivity contribution < 1.29 is 17.2 Å². The predicted molar refractivity (Wildman–Crippen MR) is 74.6 cm³/mol. The maximum Gasteiger partial charge on any atom is 0.266 e. The third kappa shape index (κ3) is 3.30. The fourth-order valence-corrected chi connectivity index (χ4v) is 3.41. The zero-order chi connectivity index (χ0) is 14.9. The molecule has 2 aromatic rings. The van der Waals surface area contributed by atoms with Gasteiger partial charge in [0, 0.05) is 6.07 Å². The molecule has 0 bridgehead atoms. The fraction of sp³-hybridized carbons (Fsp3) is 0. The number of halogens is 4. The average Bonchev–Trinajstić information content (AvgIpc) is 2.32. The number of rotatable bonds is 3. The number of anilines is 1. The van der Waals surface area contributed by atoms with Crippen LogP contribution < -0.4 is 4.72 Å². The highest BCUT2D eigenvalue weighted by molar-refractivity contribution is 9.11. The van der Waals surface area contributed by atoms with Crippen LogP contribution in [-0.4, -0.2) is 18.4 Å². The fourth-order valence-electron chi connectivity index (χ4n) is 1.29. The zero-order valence-electron chi connectivity index (χ0n) is 9.44. The highest BCUT2D eigenvalue weighted by Crippen LogP contribution is 2.23. The van der Waals surface area contributed by atoms with Gasteiger partial charge in [-0.1, -0.05) is 0 Å². The molecular weight excluding hydrogens is 424 g/mol. The number of hydrogen-bond acceptors (Lipinski definition) is 4. The summed E-state index contributed by atoms with van der Waals surface area (Å²) in [5, 5.41) is 0. The first-order chi connectivity index (χ1) is 9.29. The molecule has 5 nitrogen and oxygen atoms in total. The van der Waals surface area contributed by atoms with Crippen LogP contribution in [-0.2, 0) is 10.0 Å². The summed E-state index contributed by atoms with van der Waals surface area (Å²) >= 11 is 6.08. The summed E-state index contributed by atoms with van der Waals surface area (Å²) in [7, 11) is -4.24. The lowest BCUT2D eigenvalue weighted by Crippen LogP contribution is -2.16. The number of benzene rings is 1. The average molecular weight is 429 g/mol.